The Balaban J connectivity index is 1.59. The fourth-order valence-electron chi connectivity index (χ4n) is 4.22. The number of nitrogens with zero attached hydrogens (tertiary/aromatic N) is 1. The maximum Gasteiger partial charge on any atom is 0.225 e. The molecule has 2 heterocycles. The molecule has 0 saturated carbocycles. The van der Waals surface area contributed by atoms with Crippen LogP contribution < -0.4 is 0 Å². The third-order valence-electron chi connectivity index (χ3n) is 6.09. The van der Waals surface area contributed by atoms with E-state index in [4.69, 9.17) is 21.1 Å². The lowest BCUT2D eigenvalue weighted by molar-refractivity contribution is -0.329. The average Bonchev–Trinajstić information content (AvgIpc) is 3.22. The first kappa shape index (κ1) is 23.8. The molecule has 0 spiro atoms. The Kier molecular flexibility index (Phi) is 6.88. The second-order valence-electron chi connectivity index (χ2n) is 8.18. The normalized spacial score (nSPS) is 31.5. The summed E-state index contributed by atoms with van der Waals surface area (Å²) in [6.07, 6.45) is 1.11. The van der Waals surface area contributed by atoms with Gasteiger partial charge in [0.15, 0.2) is 0 Å². The molecule has 0 aliphatic carbocycles. The highest BCUT2D eigenvalue weighted by molar-refractivity contribution is 6.31. The third-order valence-corrected chi connectivity index (χ3v) is 6.46. The molecule has 0 radical (unpaired) electrons. The van der Waals surface area contributed by atoms with Gasteiger partial charge in [0.2, 0.25) is 5.79 Å². The molecule has 0 aromatic heterocycles. The van der Waals surface area contributed by atoms with Crippen molar-refractivity contribution in [3.63, 3.8) is 0 Å². The molecule has 176 valence electrons. The van der Waals surface area contributed by atoms with Gasteiger partial charge in [0, 0.05) is 10.6 Å². The largest absolute Gasteiger partial charge is 0.399 e. The predicted octanol–water partition coefficient (Wildman–Crippen LogP) is 1.60. The van der Waals surface area contributed by atoms with Crippen LogP contribution >= 0.6 is 11.6 Å². The fraction of sp³-hybridized carbons (Fsp3) is 0.375. The van der Waals surface area contributed by atoms with E-state index in [2.05, 4.69) is 9.99 Å². The highest BCUT2D eigenvalue weighted by atomic mass is 35.5. The van der Waals surface area contributed by atoms with Crippen LogP contribution in [0.15, 0.2) is 53.7 Å². The minimum atomic E-state index is -1.72. The molecule has 2 aromatic rings. The smallest absolute Gasteiger partial charge is 0.225 e. The number of hydrogen-bond donors (Lipinski definition) is 4. The molecule has 8 nitrogen and oxygen atoms in total. The first-order chi connectivity index (χ1) is 15.8. The highest BCUT2D eigenvalue weighted by Crippen LogP contribution is 2.49. The number of benzene rings is 2. The Bertz CT molecular complexity index is 1040. The van der Waals surface area contributed by atoms with Gasteiger partial charge in [-0.05, 0) is 41.3 Å². The van der Waals surface area contributed by atoms with E-state index < -0.39 is 36.3 Å². The lowest BCUT2D eigenvalue weighted by Crippen LogP contribution is -2.65. The van der Waals surface area contributed by atoms with Crippen molar-refractivity contribution in [1.29, 1.82) is 0 Å². The molecule has 4 rings (SSSR count). The van der Waals surface area contributed by atoms with E-state index in [1.165, 1.54) is 7.11 Å². The molecular formula is C24H26ClNO7. The van der Waals surface area contributed by atoms with Gasteiger partial charge in [0.1, 0.15) is 31.0 Å². The van der Waals surface area contributed by atoms with Gasteiger partial charge in [-0.2, -0.15) is 0 Å². The summed E-state index contributed by atoms with van der Waals surface area (Å²) in [5.74, 6) is -1.72. The third kappa shape index (κ3) is 4.31. The summed E-state index contributed by atoms with van der Waals surface area (Å²) in [5.41, 5.74) is 1.68. The van der Waals surface area contributed by atoms with Crippen LogP contribution in [-0.2, 0) is 26.5 Å². The number of aliphatic hydroxyl groups excluding tert-OH is 4. The lowest BCUT2D eigenvalue weighted by Gasteiger charge is -2.46. The van der Waals surface area contributed by atoms with Gasteiger partial charge in [0.05, 0.1) is 19.4 Å². The van der Waals surface area contributed by atoms with Crippen LogP contribution in [-0.4, -0.2) is 70.9 Å². The number of halogens is 1. The maximum absolute atomic E-state index is 10.7. The van der Waals surface area contributed by atoms with Crippen LogP contribution in [0.25, 0.3) is 6.08 Å². The van der Waals surface area contributed by atoms with Gasteiger partial charge in [-0.25, -0.2) is 0 Å². The van der Waals surface area contributed by atoms with E-state index in [1.807, 2.05) is 30.3 Å². The molecule has 4 N–H and O–H groups in total. The number of allylic oxidation sites excluding steroid dienone is 1. The number of oxime groups is 1. The van der Waals surface area contributed by atoms with E-state index in [-0.39, 0.29) is 6.61 Å². The van der Waals surface area contributed by atoms with Crippen molar-refractivity contribution in [3.8, 4) is 0 Å². The molecule has 2 aromatic carbocycles. The monoisotopic (exact) mass is 475 g/mol. The SMILES string of the molecule is CO/N=C/C=C/c1ccc(Cc2cc([C@@]34OC[C@](CO)(O3)[C@H](O)[C@H](O)[C@H]4O)ccc2Cl)cc1. The second-order valence-corrected chi connectivity index (χ2v) is 8.59. The summed E-state index contributed by atoms with van der Waals surface area (Å²) in [6, 6.07) is 12.9. The fourth-order valence-corrected chi connectivity index (χ4v) is 4.40. The van der Waals surface area contributed by atoms with E-state index in [0.717, 1.165) is 16.7 Å². The molecule has 2 aliphatic rings. The van der Waals surface area contributed by atoms with Gasteiger partial charge in [-0.3, -0.25) is 0 Å². The Morgan fingerprint density at radius 1 is 1.15 bits per heavy atom. The van der Waals surface area contributed by atoms with E-state index in [9.17, 15) is 20.4 Å². The van der Waals surface area contributed by atoms with E-state index >= 15 is 0 Å². The standard InChI is InChI=1S/C24H26ClNO7/c1-31-26-10-2-3-15-4-6-16(7-5-15)11-17-12-18(8-9-19(17)25)24-22(30)20(28)21(29)23(13-27,33-24)14-32-24/h2-10,12,20-22,27-30H,11,13-14H2,1H3/b3-2+,26-10+/t20-,21+,22+,23-,24+/m0/s1. The number of rotatable bonds is 7. The Morgan fingerprint density at radius 3 is 2.61 bits per heavy atom. The average molecular weight is 476 g/mol. The first-order valence-corrected chi connectivity index (χ1v) is 10.8. The minimum absolute atomic E-state index is 0.180. The summed E-state index contributed by atoms with van der Waals surface area (Å²) in [7, 11) is 1.48. The van der Waals surface area contributed by atoms with Crippen LogP contribution in [0, 0.1) is 0 Å². The van der Waals surface area contributed by atoms with Gasteiger partial charge in [-0.15, -0.1) is 0 Å². The topological polar surface area (TPSA) is 121 Å². The summed E-state index contributed by atoms with van der Waals surface area (Å²) >= 11 is 6.45. The minimum Gasteiger partial charge on any atom is -0.399 e. The van der Waals surface area contributed by atoms with Crippen LogP contribution in [0.5, 0.6) is 0 Å². The zero-order valence-corrected chi connectivity index (χ0v) is 18.7. The summed E-state index contributed by atoms with van der Waals surface area (Å²) in [6.45, 7) is -0.751. The van der Waals surface area contributed by atoms with Crippen molar-refractivity contribution in [1.82, 2.24) is 0 Å². The van der Waals surface area contributed by atoms with Crippen LogP contribution in [0.1, 0.15) is 22.3 Å². The lowest BCUT2D eigenvalue weighted by atomic mass is 9.83. The van der Waals surface area contributed by atoms with Crippen LogP contribution in [0.2, 0.25) is 5.02 Å². The van der Waals surface area contributed by atoms with Crippen molar-refractivity contribution in [2.45, 2.75) is 36.1 Å². The summed E-state index contributed by atoms with van der Waals surface area (Å²) in [5, 5.41) is 45.4. The molecule has 5 atom stereocenters. The van der Waals surface area contributed by atoms with E-state index in [0.29, 0.717) is 17.0 Å². The zero-order chi connectivity index (χ0) is 23.6. The Labute approximate surface area is 196 Å². The van der Waals surface area contributed by atoms with Gasteiger partial charge in [-0.1, -0.05) is 53.2 Å². The molecule has 2 aliphatic heterocycles. The number of aliphatic hydroxyl groups is 4. The summed E-state index contributed by atoms with van der Waals surface area (Å²) < 4.78 is 11.7. The molecule has 9 heteroatoms. The van der Waals surface area contributed by atoms with Gasteiger partial charge < -0.3 is 34.7 Å². The van der Waals surface area contributed by atoms with Crippen LogP contribution in [0.4, 0.5) is 0 Å². The zero-order valence-electron chi connectivity index (χ0n) is 18.0. The second kappa shape index (κ2) is 9.52. The number of hydrogen-bond acceptors (Lipinski definition) is 8. The Hall–Kier alpha value is -2.30. The van der Waals surface area contributed by atoms with Crippen molar-refractivity contribution >= 4 is 23.9 Å². The van der Waals surface area contributed by atoms with Crippen molar-refractivity contribution < 1.29 is 34.7 Å². The molecule has 2 bridgehead atoms. The van der Waals surface area contributed by atoms with Crippen LogP contribution in [0.3, 0.4) is 0 Å². The number of ether oxygens (including phenoxy) is 2. The maximum atomic E-state index is 10.7. The molecule has 0 amide bonds. The van der Waals surface area contributed by atoms with Crippen molar-refractivity contribution in [3.05, 3.63) is 75.8 Å². The van der Waals surface area contributed by atoms with Crippen molar-refractivity contribution in [2.24, 2.45) is 5.16 Å². The molecule has 2 saturated heterocycles. The predicted molar refractivity (Wildman–Crippen MR) is 122 cm³/mol. The molecule has 2 fully saturated rings. The Morgan fingerprint density at radius 2 is 1.91 bits per heavy atom. The van der Waals surface area contributed by atoms with Gasteiger partial charge in [0.25, 0.3) is 0 Å². The highest BCUT2D eigenvalue weighted by Gasteiger charge is 2.67. The first-order valence-electron chi connectivity index (χ1n) is 10.5. The number of fused-ring (bicyclic) bond motifs is 2. The van der Waals surface area contributed by atoms with E-state index in [1.54, 1.807) is 30.5 Å². The quantitative estimate of drug-likeness (QED) is 0.354. The molecule has 0 unspecified atom stereocenters. The molecular weight excluding hydrogens is 450 g/mol. The van der Waals surface area contributed by atoms with Gasteiger partial charge >= 0.3 is 0 Å². The van der Waals surface area contributed by atoms with Crippen molar-refractivity contribution in [2.75, 3.05) is 20.3 Å². The summed E-state index contributed by atoms with van der Waals surface area (Å²) in [4.78, 5) is 4.61. The molecule has 33 heavy (non-hydrogen) atoms.